The van der Waals surface area contributed by atoms with Crippen LogP contribution < -0.4 is 10.1 Å². The maximum atomic E-state index is 12.7. The van der Waals surface area contributed by atoms with Gasteiger partial charge in [-0.15, -0.1) is 11.8 Å². The third-order valence-corrected chi connectivity index (χ3v) is 5.83. The topological polar surface area (TPSA) is 81.5 Å². The van der Waals surface area contributed by atoms with Crippen LogP contribution in [0.4, 0.5) is 5.69 Å². The molecule has 0 aliphatic carbocycles. The number of thioether (sulfide) groups is 1. The molecule has 0 spiro atoms. The third-order valence-electron chi connectivity index (χ3n) is 4.34. The van der Waals surface area contributed by atoms with Crippen LogP contribution in [0.1, 0.15) is 29.8 Å². The van der Waals surface area contributed by atoms with E-state index >= 15 is 0 Å². The molecular formula is C19H20Cl2N2O4S. The molecule has 2 aromatic carbocycles. The van der Waals surface area contributed by atoms with Crippen molar-refractivity contribution in [3.8, 4) is 5.75 Å². The zero-order valence-electron chi connectivity index (χ0n) is 15.8. The Balaban J connectivity index is 2.28. The quantitative estimate of drug-likeness (QED) is 0.355. The van der Waals surface area contributed by atoms with Gasteiger partial charge in [0.25, 0.3) is 11.6 Å². The van der Waals surface area contributed by atoms with Crippen LogP contribution in [0.2, 0.25) is 10.0 Å². The number of hydrogen-bond donors (Lipinski definition) is 1. The Kier molecular flexibility index (Phi) is 7.20. The summed E-state index contributed by atoms with van der Waals surface area (Å²) < 4.78 is 5.17. The highest BCUT2D eigenvalue weighted by Crippen LogP contribution is 2.35. The zero-order valence-corrected chi connectivity index (χ0v) is 18.2. The van der Waals surface area contributed by atoms with E-state index in [4.69, 9.17) is 27.9 Å². The molecule has 2 rings (SSSR count). The summed E-state index contributed by atoms with van der Waals surface area (Å²) in [6.07, 6.45) is 1.80. The van der Waals surface area contributed by atoms with Gasteiger partial charge in [-0.2, -0.15) is 0 Å². The van der Waals surface area contributed by atoms with Gasteiger partial charge in [0.15, 0.2) is 0 Å². The Morgan fingerprint density at radius 1 is 1.25 bits per heavy atom. The highest BCUT2D eigenvalue weighted by molar-refractivity contribution is 7.98. The fraction of sp³-hybridized carbons (Fsp3) is 0.316. The molecule has 1 amide bonds. The first kappa shape index (κ1) is 22.3. The molecule has 150 valence electrons. The maximum Gasteiger partial charge on any atom is 0.285 e. The molecule has 0 unspecified atom stereocenters. The van der Waals surface area contributed by atoms with Crippen molar-refractivity contribution in [2.45, 2.75) is 24.2 Å². The number of methoxy groups -OCH3 is 1. The Labute approximate surface area is 177 Å². The minimum atomic E-state index is -0.592. The number of hydrogen-bond acceptors (Lipinski definition) is 5. The first-order valence-corrected chi connectivity index (χ1v) is 10.2. The Hall–Kier alpha value is -1.96. The molecule has 6 nitrogen and oxygen atoms in total. The van der Waals surface area contributed by atoms with Crippen LogP contribution in [-0.2, 0) is 5.41 Å². The summed E-state index contributed by atoms with van der Waals surface area (Å²) in [5.74, 6) is -0.176. The van der Waals surface area contributed by atoms with E-state index in [1.54, 1.807) is 18.4 Å². The maximum absolute atomic E-state index is 12.7. The molecule has 0 radical (unpaired) electrons. The van der Waals surface area contributed by atoms with E-state index in [0.717, 1.165) is 5.56 Å². The van der Waals surface area contributed by atoms with E-state index in [-0.39, 0.29) is 17.8 Å². The average molecular weight is 443 g/mol. The Morgan fingerprint density at radius 2 is 1.93 bits per heavy atom. The molecule has 0 fully saturated rings. The normalized spacial score (nSPS) is 11.2. The predicted octanol–water partition coefficient (Wildman–Crippen LogP) is 5.34. The van der Waals surface area contributed by atoms with Crippen molar-refractivity contribution in [3.05, 3.63) is 61.6 Å². The summed E-state index contributed by atoms with van der Waals surface area (Å²) in [4.78, 5) is 24.2. The number of halogens is 2. The zero-order chi connectivity index (χ0) is 21.1. The van der Waals surface area contributed by atoms with Crippen LogP contribution in [0.5, 0.6) is 5.75 Å². The largest absolute Gasteiger partial charge is 0.495 e. The highest BCUT2D eigenvalue weighted by Gasteiger charge is 2.27. The number of nitro groups is 1. The molecule has 0 bridgehead atoms. The minimum Gasteiger partial charge on any atom is -0.495 e. The third kappa shape index (κ3) is 4.90. The Morgan fingerprint density at radius 3 is 2.46 bits per heavy atom. The molecule has 2 aromatic rings. The fourth-order valence-corrected chi connectivity index (χ4v) is 3.49. The monoisotopic (exact) mass is 442 g/mol. The van der Waals surface area contributed by atoms with Crippen LogP contribution in [0.3, 0.4) is 0 Å². The molecule has 0 aliphatic rings. The minimum absolute atomic E-state index is 0.0138. The lowest BCUT2D eigenvalue weighted by atomic mass is 9.84. The van der Waals surface area contributed by atoms with Crippen molar-refractivity contribution in [2.75, 3.05) is 19.9 Å². The second-order valence-electron chi connectivity index (χ2n) is 6.68. The van der Waals surface area contributed by atoms with Crippen molar-refractivity contribution < 1.29 is 14.5 Å². The molecule has 0 aromatic heterocycles. The summed E-state index contributed by atoms with van der Waals surface area (Å²) in [6, 6.07) is 8.02. The summed E-state index contributed by atoms with van der Waals surface area (Å²) in [7, 11) is 1.43. The lowest BCUT2D eigenvalue weighted by Gasteiger charge is -2.26. The summed E-state index contributed by atoms with van der Waals surface area (Å²) >= 11 is 13.4. The number of benzene rings is 2. The second kappa shape index (κ2) is 9.03. The molecule has 9 heteroatoms. The van der Waals surface area contributed by atoms with Crippen LogP contribution >= 0.6 is 35.0 Å². The van der Waals surface area contributed by atoms with E-state index in [1.165, 1.54) is 31.0 Å². The molecule has 0 aliphatic heterocycles. The van der Waals surface area contributed by atoms with Gasteiger partial charge in [0, 0.05) is 12.0 Å². The van der Waals surface area contributed by atoms with E-state index in [9.17, 15) is 14.9 Å². The number of carbonyl (C=O) groups is 1. The van der Waals surface area contributed by atoms with Crippen molar-refractivity contribution >= 4 is 46.6 Å². The lowest BCUT2D eigenvalue weighted by molar-refractivity contribution is -0.385. The number of ether oxygens (including phenoxy) is 1. The van der Waals surface area contributed by atoms with E-state index in [0.29, 0.717) is 20.7 Å². The molecule has 0 saturated heterocycles. The molecule has 0 heterocycles. The van der Waals surface area contributed by atoms with Crippen LogP contribution in [0, 0.1) is 10.1 Å². The molecular weight excluding hydrogens is 423 g/mol. The number of carbonyl (C=O) groups excluding carboxylic acids is 1. The number of amides is 1. The van der Waals surface area contributed by atoms with Crippen molar-refractivity contribution in [1.82, 2.24) is 5.32 Å². The molecule has 0 saturated carbocycles. The van der Waals surface area contributed by atoms with Gasteiger partial charge in [-0.3, -0.25) is 14.9 Å². The SMILES string of the molecule is COc1cc([N+](=O)[O-])c(C(=O)NCC(C)(C)c2ccc(Cl)c(Cl)c2)cc1SC. The Bertz CT molecular complexity index is 919. The van der Waals surface area contributed by atoms with Crippen LogP contribution in [0.25, 0.3) is 0 Å². The summed E-state index contributed by atoms with van der Waals surface area (Å²) in [5.41, 5.74) is 0.101. The first-order chi connectivity index (χ1) is 13.1. The van der Waals surface area contributed by atoms with Crippen LogP contribution in [0.15, 0.2) is 35.2 Å². The number of nitrogens with zero attached hydrogens (tertiary/aromatic N) is 1. The summed E-state index contributed by atoms with van der Waals surface area (Å²) in [6.45, 7) is 4.12. The van der Waals surface area contributed by atoms with Crippen molar-refractivity contribution in [1.29, 1.82) is 0 Å². The standard InChI is InChI=1S/C19H20Cl2N2O4S/c1-19(2,11-5-6-13(20)14(21)7-11)10-22-18(24)12-8-17(28-4)16(27-3)9-15(12)23(25)26/h5-9H,10H2,1-4H3,(H,22,24). The molecule has 1 N–H and O–H groups in total. The van der Waals surface area contributed by atoms with E-state index < -0.39 is 16.2 Å². The van der Waals surface area contributed by atoms with Gasteiger partial charge in [-0.05, 0) is 30.0 Å². The van der Waals surface area contributed by atoms with Gasteiger partial charge >= 0.3 is 0 Å². The van der Waals surface area contributed by atoms with Gasteiger partial charge in [0.05, 0.1) is 33.0 Å². The predicted molar refractivity (Wildman–Crippen MR) is 113 cm³/mol. The van der Waals surface area contributed by atoms with Crippen molar-refractivity contribution in [2.24, 2.45) is 0 Å². The second-order valence-corrected chi connectivity index (χ2v) is 8.34. The van der Waals surface area contributed by atoms with E-state index in [2.05, 4.69) is 5.32 Å². The molecule has 0 atom stereocenters. The highest BCUT2D eigenvalue weighted by atomic mass is 35.5. The van der Waals surface area contributed by atoms with E-state index in [1.807, 2.05) is 19.9 Å². The summed E-state index contributed by atoms with van der Waals surface area (Å²) in [5, 5.41) is 15.1. The number of nitro benzene ring substituents is 1. The number of nitrogens with one attached hydrogen (secondary N) is 1. The fourth-order valence-electron chi connectivity index (χ4n) is 2.62. The van der Waals surface area contributed by atoms with Gasteiger partial charge in [0.2, 0.25) is 0 Å². The number of rotatable bonds is 7. The smallest absolute Gasteiger partial charge is 0.285 e. The van der Waals surface area contributed by atoms with Crippen molar-refractivity contribution in [3.63, 3.8) is 0 Å². The van der Waals surface area contributed by atoms with Crippen LogP contribution in [-0.4, -0.2) is 30.7 Å². The van der Waals surface area contributed by atoms with Gasteiger partial charge in [-0.25, -0.2) is 0 Å². The van der Waals surface area contributed by atoms with Gasteiger partial charge in [-0.1, -0.05) is 43.1 Å². The average Bonchev–Trinajstić information content (AvgIpc) is 2.66. The first-order valence-electron chi connectivity index (χ1n) is 8.25. The molecule has 28 heavy (non-hydrogen) atoms. The van der Waals surface area contributed by atoms with Gasteiger partial charge < -0.3 is 10.1 Å². The lowest BCUT2D eigenvalue weighted by Crippen LogP contribution is -2.37. The van der Waals surface area contributed by atoms with Gasteiger partial charge in [0.1, 0.15) is 11.3 Å².